The number of carbonyl (C=O) groups excluding carboxylic acids is 4. The monoisotopic (exact) mass is 557 g/mol. The van der Waals surface area contributed by atoms with E-state index in [2.05, 4.69) is 16.0 Å². The quantitative estimate of drug-likeness (QED) is 0.199. The third-order valence-corrected chi connectivity index (χ3v) is 5.06. The molecule has 0 fully saturated rings. The van der Waals surface area contributed by atoms with Crippen LogP contribution >= 0.6 is 0 Å². The molecule has 0 heterocycles. The van der Waals surface area contributed by atoms with Crippen molar-refractivity contribution in [2.24, 2.45) is 0 Å². The third kappa shape index (κ3) is 18.7. The molecule has 9 heteroatoms. The Labute approximate surface area is 258 Å². The van der Waals surface area contributed by atoms with E-state index in [4.69, 9.17) is 4.74 Å². The van der Waals surface area contributed by atoms with E-state index in [9.17, 15) is 19.2 Å². The summed E-state index contributed by atoms with van der Waals surface area (Å²) in [4.78, 5) is 46.4. The van der Waals surface area contributed by atoms with Crippen LogP contribution in [0.5, 0.6) is 0 Å². The average molecular weight is 558 g/mol. The van der Waals surface area contributed by atoms with Gasteiger partial charge in [-0.3, -0.25) is 9.59 Å². The van der Waals surface area contributed by atoms with Crippen LogP contribution in [0.2, 0.25) is 0 Å². The van der Waals surface area contributed by atoms with Crippen molar-refractivity contribution < 1.29 is 82.1 Å². The molecular weight excluding hydrogens is 520 g/mol. The minimum atomic E-state index is -0.345. The maximum atomic E-state index is 11.9. The second kappa shape index (κ2) is 20.9. The zero-order valence-corrected chi connectivity index (χ0v) is 26.6. The van der Waals surface area contributed by atoms with Crippen molar-refractivity contribution in [1.29, 1.82) is 0 Å². The fourth-order valence-electron chi connectivity index (χ4n) is 3.04. The Bertz CT molecular complexity index is 825. The predicted octanol–water partition coefficient (Wildman–Crippen LogP) is 0.388. The summed E-state index contributed by atoms with van der Waals surface area (Å²) in [5.74, 6) is -0.163. The summed E-state index contributed by atoms with van der Waals surface area (Å²) in [6, 6.07) is 7.45. The summed E-state index contributed by atoms with van der Waals surface area (Å²) in [5.41, 5.74) is 2.60. The van der Waals surface area contributed by atoms with Gasteiger partial charge in [0, 0.05) is 51.2 Å². The number of hydrogen-bond acceptors (Lipinski definition) is 6. The molecule has 1 aromatic rings. The Hall–Kier alpha value is -1.19. The van der Waals surface area contributed by atoms with Crippen molar-refractivity contribution in [3.63, 3.8) is 0 Å². The van der Waals surface area contributed by atoms with E-state index in [0.29, 0.717) is 38.8 Å². The van der Waals surface area contributed by atoms with Gasteiger partial charge in [0.15, 0.2) is 5.78 Å². The van der Waals surface area contributed by atoms with Crippen molar-refractivity contribution in [2.75, 3.05) is 26.8 Å². The number of Topliss-reactive ketones (excluding diaryl/α,β-unsaturated/α-hetero) is 1. The molecule has 188 valence electrons. The maximum absolute atomic E-state index is 11.9. The van der Waals surface area contributed by atoms with Gasteiger partial charge < -0.3 is 30.3 Å². The van der Waals surface area contributed by atoms with Gasteiger partial charge >= 0.3 is 58.2 Å². The predicted molar refractivity (Wildman–Crippen MR) is 132 cm³/mol. The average Bonchev–Trinajstić information content (AvgIpc) is 2.80. The molecule has 1 aromatic carbocycles. The first-order valence-electron chi connectivity index (χ1n) is 11.8. The summed E-state index contributed by atoms with van der Waals surface area (Å²) in [6.45, 7) is 4.49. The molecule has 0 aliphatic heterocycles. The minimum Gasteiger partial charge on any atom is -0.648 e. The Morgan fingerprint density at radius 3 is 2.29 bits per heavy atom. The van der Waals surface area contributed by atoms with E-state index in [1.807, 2.05) is 31.2 Å². The summed E-state index contributed by atoms with van der Waals surface area (Å²) >= 11 is 0. The van der Waals surface area contributed by atoms with Crippen LogP contribution in [0.15, 0.2) is 36.0 Å². The van der Waals surface area contributed by atoms with Crippen molar-refractivity contribution >= 4 is 23.4 Å². The molecule has 1 rings (SSSR count). The van der Waals surface area contributed by atoms with Gasteiger partial charge in [0.05, 0.1) is 12.5 Å². The number of amides is 2. The molecule has 0 saturated heterocycles. The number of nitrogens with one attached hydrogen (secondary N) is 2. The molecule has 0 aromatic heterocycles. The van der Waals surface area contributed by atoms with Gasteiger partial charge in [0.25, 0.3) is 0 Å². The van der Waals surface area contributed by atoms with E-state index in [-0.39, 0.29) is 94.7 Å². The number of ketones is 2. The fourth-order valence-corrected chi connectivity index (χ4v) is 3.04. The molecule has 0 unspecified atom stereocenters. The van der Waals surface area contributed by atoms with E-state index in [1.54, 1.807) is 20.0 Å². The van der Waals surface area contributed by atoms with E-state index < -0.39 is 0 Å². The number of nitrogens with zero attached hydrogens (tertiary/aromatic N) is 1. The minimum absolute atomic E-state index is 0. The molecule has 35 heavy (non-hydrogen) atoms. The zero-order valence-electron chi connectivity index (χ0n) is 21.7. The molecule has 0 saturated carbocycles. The first kappa shape index (κ1) is 33.8. The van der Waals surface area contributed by atoms with E-state index >= 15 is 0 Å². The Kier molecular flexibility index (Phi) is 20.2. The summed E-state index contributed by atoms with van der Waals surface area (Å²) in [6.07, 6.45) is 6.02. The normalized spacial score (nSPS) is 10.8. The Morgan fingerprint density at radius 1 is 0.943 bits per heavy atom. The van der Waals surface area contributed by atoms with E-state index in [1.165, 1.54) is 0 Å². The standard InChI is InChI=1S/C26H39N3O5.Rb/c1-20(27-3)16-24(31)17-22-10-12-23(13-11-22)18-29-26(33)19-34-15-7-9-25(32)28-14-6-4-5-8-21(2)30;/h10-13,16H,4-9,14-15,17-19H2,1-3H3,(H3,27,28,29,31,32,33);/q;+1/p-1. The molecule has 0 radical (unpaired) electrons. The van der Waals surface area contributed by atoms with Crippen molar-refractivity contribution in [3.8, 4) is 0 Å². The van der Waals surface area contributed by atoms with Gasteiger partial charge in [-0.25, -0.2) is 0 Å². The molecule has 0 aliphatic carbocycles. The van der Waals surface area contributed by atoms with E-state index in [0.717, 1.165) is 36.1 Å². The van der Waals surface area contributed by atoms with Crippen molar-refractivity contribution in [3.05, 3.63) is 52.5 Å². The first-order chi connectivity index (χ1) is 16.3. The molecule has 0 aliphatic rings. The van der Waals surface area contributed by atoms with Crippen molar-refractivity contribution in [1.82, 2.24) is 10.6 Å². The number of rotatable bonds is 18. The third-order valence-electron chi connectivity index (χ3n) is 5.06. The van der Waals surface area contributed by atoms with Crippen LogP contribution in [-0.4, -0.2) is 50.2 Å². The van der Waals surface area contributed by atoms with Gasteiger partial charge in [-0.1, -0.05) is 36.2 Å². The van der Waals surface area contributed by atoms with Crippen molar-refractivity contribution in [2.45, 2.75) is 65.3 Å². The van der Waals surface area contributed by atoms with Crippen LogP contribution in [0.4, 0.5) is 0 Å². The summed E-state index contributed by atoms with van der Waals surface area (Å²) in [5, 5.41) is 9.76. The SMILES string of the molecule is CN/C(C)=C\C(=O)Cc1ccc(C[N-]C(=O)COCCCC(=O)NCCCCCC(C)=O)cc1.[Rb+]. The topological polar surface area (TPSA) is 116 Å². The largest absolute Gasteiger partial charge is 1.00 e. The van der Waals surface area contributed by atoms with Gasteiger partial charge in [0.2, 0.25) is 5.91 Å². The summed E-state index contributed by atoms with van der Waals surface area (Å²) < 4.78 is 5.31. The fraction of sp³-hybridized carbons (Fsp3) is 0.538. The Morgan fingerprint density at radius 2 is 1.63 bits per heavy atom. The van der Waals surface area contributed by atoms with Crippen LogP contribution in [0.25, 0.3) is 5.32 Å². The van der Waals surface area contributed by atoms with Gasteiger partial charge in [-0.2, -0.15) is 0 Å². The zero-order chi connectivity index (χ0) is 25.2. The number of unbranched alkanes of at least 4 members (excludes halogenated alkanes) is 2. The number of allylic oxidation sites excluding steroid dienone is 2. The smallest absolute Gasteiger partial charge is 0.648 e. The molecule has 0 atom stereocenters. The second-order valence-corrected chi connectivity index (χ2v) is 8.27. The number of ether oxygens (including phenoxy) is 1. The van der Waals surface area contributed by atoms with Crippen LogP contribution in [-0.2, 0) is 36.9 Å². The molecule has 2 amide bonds. The van der Waals surface area contributed by atoms with Crippen LogP contribution in [0.1, 0.15) is 63.5 Å². The molecule has 0 bridgehead atoms. The number of benzene rings is 1. The Balaban J connectivity index is 0.0000116. The molecule has 2 N–H and O–H groups in total. The van der Waals surface area contributed by atoms with Crippen LogP contribution in [0.3, 0.4) is 0 Å². The van der Waals surface area contributed by atoms with Gasteiger partial charge in [-0.05, 0) is 38.7 Å². The summed E-state index contributed by atoms with van der Waals surface area (Å²) in [7, 11) is 1.77. The van der Waals surface area contributed by atoms with Gasteiger partial charge in [-0.15, -0.1) is 6.54 Å². The second-order valence-electron chi connectivity index (χ2n) is 8.27. The van der Waals surface area contributed by atoms with Crippen LogP contribution < -0.4 is 68.8 Å². The van der Waals surface area contributed by atoms with Crippen LogP contribution in [0, 0.1) is 0 Å². The maximum Gasteiger partial charge on any atom is 1.00 e. The molecular formula is C26H38N3O5Rb. The molecule has 8 nitrogen and oxygen atoms in total. The molecule has 0 spiro atoms. The number of carbonyl (C=O) groups is 4. The number of hydrogen-bond donors (Lipinski definition) is 2. The first-order valence-corrected chi connectivity index (χ1v) is 11.8. The van der Waals surface area contributed by atoms with Gasteiger partial charge in [0.1, 0.15) is 5.78 Å².